The Balaban J connectivity index is 1.89. The molecule has 0 aliphatic carbocycles. The topological polar surface area (TPSA) is 64.8 Å². The molecule has 6 nitrogen and oxygen atoms in total. The van der Waals surface area contributed by atoms with Crippen LogP contribution in [-0.4, -0.2) is 14.5 Å². The van der Waals surface area contributed by atoms with Crippen molar-refractivity contribution < 1.29 is 9.49 Å². The zero-order valence-electron chi connectivity index (χ0n) is 13.9. The third-order valence-corrected chi connectivity index (χ3v) is 3.85. The van der Waals surface area contributed by atoms with Gasteiger partial charge in [0.1, 0.15) is 6.54 Å². The number of aromatic nitrogens is 3. The summed E-state index contributed by atoms with van der Waals surface area (Å²) in [6, 6.07) is 7.16. The van der Waals surface area contributed by atoms with E-state index in [1.807, 2.05) is 21.5 Å². The normalized spacial score (nSPS) is 10.8. The van der Waals surface area contributed by atoms with Crippen LogP contribution in [0.5, 0.6) is 0 Å². The first-order valence-corrected chi connectivity index (χ1v) is 7.61. The first-order valence-electron chi connectivity index (χ1n) is 7.61. The molecule has 0 fully saturated rings. The molecule has 0 radical (unpaired) electrons. The lowest BCUT2D eigenvalue weighted by molar-refractivity contribution is -0.692. The molecule has 3 rings (SSSR count). The summed E-state index contributed by atoms with van der Waals surface area (Å²) in [5.41, 5.74) is 5.37. The van der Waals surface area contributed by atoms with Crippen molar-refractivity contribution in [3.8, 4) is 5.69 Å². The zero-order valence-corrected chi connectivity index (χ0v) is 13.9. The molecule has 1 aromatic carbocycles. The van der Waals surface area contributed by atoms with Gasteiger partial charge < -0.3 is 9.13 Å². The van der Waals surface area contributed by atoms with Crippen molar-refractivity contribution in [1.29, 1.82) is 0 Å². The quantitative estimate of drug-likeness (QED) is 0.321. The summed E-state index contributed by atoms with van der Waals surface area (Å²) < 4.78 is 3.78. The summed E-state index contributed by atoms with van der Waals surface area (Å²) in [4.78, 5) is 14.6. The van der Waals surface area contributed by atoms with Gasteiger partial charge in [-0.3, -0.25) is 15.1 Å². The molecule has 0 aliphatic rings. The third-order valence-electron chi connectivity index (χ3n) is 3.85. The number of pyridine rings is 1. The summed E-state index contributed by atoms with van der Waals surface area (Å²) in [5, 5.41) is 10.9. The highest BCUT2D eigenvalue weighted by Crippen LogP contribution is 2.20. The second-order valence-corrected chi connectivity index (χ2v) is 5.91. The van der Waals surface area contributed by atoms with Gasteiger partial charge >= 0.3 is 0 Å². The fraction of sp³-hybridized carbons (Fsp3) is 0.222. The van der Waals surface area contributed by atoms with E-state index in [4.69, 9.17) is 0 Å². The number of aryl methyl sites for hydroxylation is 3. The predicted octanol–water partition coefficient (Wildman–Crippen LogP) is 2.84. The van der Waals surface area contributed by atoms with Crippen molar-refractivity contribution in [2.75, 3.05) is 0 Å². The second-order valence-electron chi connectivity index (χ2n) is 5.91. The minimum absolute atomic E-state index is 0.0465. The Bertz CT molecular complexity index is 892. The number of imidazole rings is 1. The molecule has 3 aromatic rings. The van der Waals surface area contributed by atoms with Crippen molar-refractivity contribution in [2.45, 2.75) is 27.3 Å². The van der Waals surface area contributed by atoms with E-state index in [2.05, 4.69) is 44.2 Å². The molecule has 0 aliphatic heterocycles. The van der Waals surface area contributed by atoms with Crippen LogP contribution in [0, 0.1) is 37.2 Å². The Morgan fingerprint density at radius 3 is 2.62 bits per heavy atom. The van der Waals surface area contributed by atoms with Gasteiger partial charge in [-0.2, -0.15) is 0 Å². The Morgan fingerprint density at radius 1 is 1.25 bits per heavy atom. The maximum absolute atomic E-state index is 10.9. The molecular formula is C18H18N4O2. The zero-order chi connectivity index (χ0) is 17.3. The van der Waals surface area contributed by atoms with Gasteiger partial charge in [0.2, 0.25) is 6.33 Å². The van der Waals surface area contributed by atoms with E-state index in [9.17, 15) is 10.1 Å². The van der Waals surface area contributed by atoms with E-state index < -0.39 is 4.92 Å². The van der Waals surface area contributed by atoms with Crippen molar-refractivity contribution in [3.05, 3.63) is 81.7 Å². The van der Waals surface area contributed by atoms with E-state index in [1.54, 1.807) is 0 Å². The van der Waals surface area contributed by atoms with Crippen LogP contribution in [0.15, 0.2) is 42.9 Å². The molecule has 0 N–H and O–H groups in total. The van der Waals surface area contributed by atoms with E-state index in [1.165, 1.54) is 35.0 Å². The Morgan fingerprint density at radius 2 is 1.96 bits per heavy atom. The highest BCUT2D eigenvalue weighted by Gasteiger charge is 2.10. The molecule has 0 bridgehead atoms. The van der Waals surface area contributed by atoms with Gasteiger partial charge in [0.25, 0.3) is 5.69 Å². The van der Waals surface area contributed by atoms with E-state index >= 15 is 0 Å². The van der Waals surface area contributed by atoms with Gasteiger partial charge in [0, 0.05) is 30.7 Å². The molecule has 2 heterocycles. The third kappa shape index (κ3) is 3.17. The van der Waals surface area contributed by atoms with Crippen molar-refractivity contribution >= 4 is 5.69 Å². The summed E-state index contributed by atoms with van der Waals surface area (Å²) in [6.07, 6.45) is 8.53. The molecular weight excluding hydrogens is 304 g/mol. The van der Waals surface area contributed by atoms with E-state index in [0.717, 1.165) is 5.69 Å². The van der Waals surface area contributed by atoms with Gasteiger partial charge in [-0.05, 0) is 31.9 Å². The summed E-state index contributed by atoms with van der Waals surface area (Å²) >= 11 is 0. The van der Waals surface area contributed by atoms with E-state index in [-0.39, 0.29) is 5.69 Å². The Labute approximate surface area is 140 Å². The highest BCUT2D eigenvalue weighted by atomic mass is 16.6. The average Bonchev–Trinajstić information content (AvgIpc) is 2.94. The molecule has 0 spiro atoms. The highest BCUT2D eigenvalue weighted by molar-refractivity contribution is 5.48. The lowest BCUT2D eigenvalue weighted by Gasteiger charge is -2.12. The molecule has 24 heavy (non-hydrogen) atoms. The van der Waals surface area contributed by atoms with Crippen molar-refractivity contribution in [2.24, 2.45) is 0 Å². The second kappa shape index (κ2) is 6.23. The molecule has 0 unspecified atom stereocenters. The van der Waals surface area contributed by atoms with Gasteiger partial charge in [0.15, 0.2) is 0 Å². The number of hydrogen-bond acceptors (Lipinski definition) is 3. The lowest BCUT2D eigenvalue weighted by Crippen LogP contribution is -2.32. The van der Waals surface area contributed by atoms with Crippen LogP contribution in [0.1, 0.15) is 22.4 Å². The average molecular weight is 322 g/mol. The molecule has 2 aromatic heterocycles. The monoisotopic (exact) mass is 322 g/mol. The predicted molar refractivity (Wildman–Crippen MR) is 89.0 cm³/mol. The summed E-state index contributed by atoms with van der Waals surface area (Å²) in [5.74, 6) is 0. The molecule has 0 saturated heterocycles. The minimum Gasteiger partial charge on any atom is -0.326 e. The maximum atomic E-state index is 10.9. The molecule has 6 heteroatoms. The SMILES string of the molecule is Cc1cc(C)c(-n2[c-][n+](Cc3cc([N+](=O)[O-])ccn3)cc2)c(C)c1. The fourth-order valence-corrected chi connectivity index (χ4v) is 2.96. The van der Waals surface area contributed by atoms with Crippen molar-refractivity contribution in [3.63, 3.8) is 0 Å². The Hall–Kier alpha value is -3.02. The summed E-state index contributed by atoms with van der Waals surface area (Å²) in [7, 11) is 0. The maximum Gasteiger partial charge on any atom is 0.272 e. The summed E-state index contributed by atoms with van der Waals surface area (Å²) in [6.45, 7) is 6.67. The fourth-order valence-electron chi connectivity index (χ4n) is 2.96. The molecule has 0 saturated carbocycles. The number of nitro groups is 1. The van der Waals surface area contributed by atoms with Crippen LogP contribution < -0.4 is 4.57 Å². The number of rotatable bonds is 4. The largest absolute Gasteiger partial charge is 0.326 e. The van der Waals surface area contributed by atoms with Gasteiger partial charge in [-0.25, -0.2) is 0 Å². The Kier molecular flexibility index (Phi) is 4.12. The smallest absolute Gasteiger partial charge is 0.272 e. The van der Waals surface area contributed by atoms with Gasteiger partial charge in [-0.1, -0.05) is 17.7 Å². The standard InChI is InChI=1S/C18H18N4O2/c1-13-8-14(2)18(15(3)9-13)21-7-6-20(12-21)11-16-10-17(22(23)24)4-5-19-16/h4-10H,11H2,1-3H3. The van der Waals surface area contributed by atoms with Gasteiger partial charge in [-0.15, -0.1) is 0 Å². The van der Waals surface area contributed by atoms with Crippen LogP contribution in [0.3, 0.4) is 0 Å². The minimum atomic E-state index is -0.413. The van der Waals surface area contributed by atoms with Crippen LogP contribution >= 0.6 is 0 Å². The van der Waals surface area contributed by atoms with Crippen LogP contribution in [0.25, 0.3) is 5.69 Å². The first kappa shape index (κ1) is 15.9. The van der Waals surface area contributed by atoms with Crippen molar-refractivity contribution in [1.82, 2.24) is 9.55 Å². The van der Waals surface area contributed by atoms with Crippen LogP contribution in [0.2, 0.25) is 0 Å². The van der Waals surface area contributed by atoms with Crippen LogP contribution in [-0.2, 0) is 6.54 Å². The van der Waals surface area contributed by atoms with Crippen LogP contribution in [0.4, 0.5) is 5.69 Å². The molecule has 0 amide bonds. The number of hydrogen-bond donors (Lipinski definition) is 0. The molecule has 0 atom stereocenters. The number of benzene rings is 1. The van der Waals surface area contributed by atoms with E-state index in [0.29, 0.717) is 12.2 Å². The van der Waals surface area contributed by atoms with Gasteiger partial charge in [0.05, 0.1) is 16.3 Å². The lowest BCUT2D eigenvalue weighted by atomic mass is 10.1. The number of nitrogens with zero attached hydrogens (tertiary/aromatic N) is 4. The first-order chi connectivity index (χ1) is 11.4. The molecule has 122 valence electrons.